The van der Waals surface area contributed by atoms with Crippen molar-refractivity contribution in [1.82, 2.24) is 5.32 Å². The topological polar surface area (TPSA) is 49.3 Å². The lowest BCUT2D eigenvalue weighted by Gasteiger charge is -2.18. The largest absolute Gasteiger partial charge is 0.480 e. The van der Waals surface area contributed by atoms with Gasteiger partial charge < -0.3 is 5.11 Å². The number of carbonyl (C=O) groups is 1. The second-order valence-corrected chi connectivity index (χ2v) is 3.76. The van der Waals surface area contributed by atoms with E-state index in [0.717, 1.165) is 12.1 Å². The Labute approximate surface area is 92.1 Å². The molecule has 0 aliphatic rings. The molecule has 5 heteroatoms. The van der Waals surface area contributed by atoms with Crippen molar-refractivity contribution in [2.45, 2.75) is 25.9 Å². The molecule has 0 spiro atoms. The van der Waals surface area contributed by atoms with Gasteiger partial charge in [0.25, 0.3) is 0 Å². The summed E-state index contributed by atoms with van der Waals surface area (Å²) in [6, 6.07) is 1.56. The lowest BCUT2D eigenvalue weighted by Crippen LogP contribution is -2.34. The van der Waals surface area contributed by atoms with Gasteiger partial charge in [0, 0.05) is 17.7 Å². The maximum Gasteiger partial charge on any atom is 0.325 e. The highest BCUT2D eigenvalue weighted by atomic mass is 19.1. The van der Waals surface area contributed by atoms with Crippen molar-refractivity contribution in [3.05, 3.63) is 35.4 Å². The van der Waals surface area contributed by atoms with E-state index in [0.29, 0.717) is 6.07 Å². The van der Waals surface area contributed by atoms with Gasteiger partial charge in [-0.25, -0.2) is 8.78 Å². The first kappa shape index (κ1) is 12.6. The minimum Gasteiger partial charge on any atom is -0.480 e. The molecule has 1 rings (SSSR count). The van der Waals surface area contributed by atoms with Crippen molar-refractivity contribution in [3.8, 4) is 0 Å². The maximum absolute atomic E-state index is 13.4. The third-order valence-electron chi connectivity index (χ3n) is 2.02. The van der Waals surface area contributed by atoms with Crippen LogP contribution in [0.2, 0.25) is 0 Å². The van der Waals surface area contributed by atoms with Gasteiger partial charge in [-0.15, -0.1) is 0 Å². The molecule has 1 aromatic carbocycles. The van der Waals surface area contributed by atoms with Crippen LogP contribution in [-0.4, -0.2) is 17.1 Å². The number of rotatable bonds is 4. The van der Waals surface area contributed by atoms with Gasteiger partial charge in [0.1, 0.15) is 17.7 Å². The van der Waals surface area contributed by atoms with Crippen molar-refractivity contribution in [2.75, 3.05) is 0 Å². The Kier molecular flexibility index (Phi) is 3.95. The molecule has 88 valence electrons. The van der Waals surface area contributed by atoms with Gasteiger partial charge in [0.05, 0.1) is 0 Å². The normalized spacial score (nSPS) is 12.8. The van der Waals surface area contributed by atoms with Crippen molar-refractivity contribution in [1.29, 1.82) is 0 Å². The third-order valence-corrected chi connectivity index (χ3v) is 2.02. The van der Waals surface area contributed by atoms with E-state index >= 15 is 0 Å². The van der Waals surface area contributed by atoms with Gasteiger partial charge in [-0.1, -0.05) is 6.07 Å². The highest BCUT2D eigenvalue weighted by Gasteiger charge is 2.23. The molecule has 0 saturated heterocycles. The first-order valence-electron chi connectivity index (χ1n) is 4.85. The molecule has 1 aromatic rings. The molecule has 1 unspecified atom stereocenters. The molecular weight excluding hydrogens is 216 g/mol. The molecule has 0 aliphatic carbocycles. The zero-order valence-corrected chi connectivity index (χ0v) is 9.00. The molecule has 0 bridgehead atoms. The second-order valence-electron chi connectivity index (χ2n) is 3.76. The summed E-state index contributed by atoms with van der Waals surface area (Å²) in [4.78, 5) is 10.9. The van der Waals surface area contributed by atoms with Crippen molar-refractivity contribution in [2.24, 2.45) is 0 Å². The minimum atomic E-state index is -1.20. The second kappa shape index (κ2) is 5.03. The van der Waals surface area contributed by atoms with E-state index in [4.69, 9.17) is 5.11 Å². The van der Waals surface area contributed by atoms with E-state index < -0.39 is 23.6 Å². The minimum absolute atomic E-state index is 0.0670. The lowest BCUT2D eigenvalue weighted by atomic mass is 10.1. The molecule has 3 nitrogen and oxygen atoms in total. The molecule has 0 aromatic heterocycles. The maximum atomic E-state index is 13.4. The summed E-state index contributed by atoms with van der Waals surface area (Å²) < 4.78 is 26.0. The van der Waals surface area contributed by atoms with E-state index in [1.54, 1.807) is 13.8 Å². The van der Waals surface area contributed by atoms with E-state index in [9.17, 15) is 13.6 Å². The number of aliphatic carboxylic acids is 1. The van der Waals surface area contributed by atoms with Gasteiger partial charge in [0.2, 0.25) is 0 Å². The molecule has 0 heterocycles. The number of carboxylic acid groups (broad SMARTS) is 1. The number of hydrogen-bond acceptors (Lipinski definition) is 2. The Morgan fingerprint density at radius 1 is 1.38 bits per heavy atom. The predicted octanol–water partition coefficient (Wildman–Crippen LogP) is 2.09. The number of carboxylic acids is 1. The van der Waals surface area contributed by atoms with Crippen LogP contribution >= 0.6 is 0 Å². The summed E-state index contributed by atoms with van der Waals surface area (Å²) >= 11 is 0. The highest BCUT2D eigenvalue weighted by molar-refractivity contribution is 5.75. The Hall–Kier alpha value is -1.49. The molecule has 0 aliphatic heterocycles. The Balaban J connectivity index is 3.06. The average molecular weight is 229 g/mol. The average Bonchev–Trinajstić information content (AvgIpc) is 2.14. The van der Waals surface area contributed by atoms with Crippen LogP contribution in [0, 0.1) is 11.6 Å². The van der Waals surface area contributed by atoms with Gasteiger partial charge in [0.15, 0.2) is 0 Å². The number of halogens is 2. The lowest BCUT2D eigenvalue weighted by molar-refractivity contribution is -0.139. The van der Waals surface area contributed by atoms with E-state index in [-0.39, 0.29) is 11.6 Å². The molecular formula is C11H13F2NO2. The van der Waals surface area contributed by atoms with Crippen molar-refractivity contribution < 1.29 is 18.7 Å². The van der Waals surface area contributed by atoms with Crippen molar-refractivity contribution >= 4 is 5.97 Å². The molecule has 2 N–H and O–H groups in total. The van der Waals surface area contributed by atoms with E-state index in [2.05, 4.69) is 5.32 Å². The van der Waals surface area contributed by atoms with Gasteiger partial charge in [-0.05, 0) is 19.9 Å². The van der Waals surface area contributed by atoms with Crippen LogP contribution in [0.1, 0.15) is 25.5 Å². The summed E-state index contributed by atoms with van der Waals surface area (Å²) in [6.45, 7) is 3.49. The standard InChI is InChI=1S/C11H13F2NO2/c1-6(2)14-10(11(15)16)8-4-3-7(12)5-9(8)13/h3-6,10,14H,1-2H3,(H,15,16). The fraction of sp³-hybridized carbons (Fsp3) is 0.364. The molecule has 0 saturated carbocycles. The van der Waals surface area contributed by atoms with Crippen LogP contribution in [0.4, 0.5) is 8.78 Å². The smallest absolute Gasteiger partial charge is 0.325 e. The predicted molar refractivity (Wildman–Crippen MR) is 55.0 cm³/mol. The van der Waals surface area contributed by atoms with Gasteiger partial charge in [-0.3, -0.25) is 10.1 Å². The van der Waals surface area contributed by atoms with E-state index in [1.807, 2.05) is 0 Å². The summed E-state index contributed by atoms with van der Waals surface area (Å²) in [5, 5.41) is 11.6. The summed E-state index contributed by atoms with van der Waals surface area (Å²) in [6.07, 6.45) is 0. The summed E-state index contributed by atoms with van der Waals surface area (Å²) in [5.74, 6) is -2.78. The van der Waals surface area contributed by atoms with E-state index in [1.165, 1.54) is 0 Å². The fourth-order valence-corrected chi connectivity index (χ4v) is 1.36. The van der Waals surface area contributed by atoms with Crippen LogP contribution in [0.25, 0.3) is 0 Å². The third kappa shape index (κ3) is 3.00. The molecule has 0 radical (unpaired) electrons. The molecule has 0 fully saturated rings. The fourth-order valence-electron chi connectivity index (χ4n) is 1.36. The summed E-state index contributed by atoms with van der Waals surface area (Å²) in [7, 11) is 0. The monoisotopic (exact) mass is 229 g/mol. The molecule has 16 heavy (non-hydrogen) atoms. The van der Waals surface area contributed by atoms with Gasteiger partial charge >= 0.3 is 5.97 Å². The number of nitrogens with one attached hydrogen (secondary N) is 1. The SMILES string of the molecule is CC(C)NC(C(=O)O)c1ccc(F)cc1F. The number of benzene rings is 1. The Bertz CT molecular complexity index is 394. The van der Waals surface area contributed by atoms with Crippen LogP contribution in [-0.2, 0) is 4.79 Å². The van der Waals surface area contributed by atoms with Gasteiger partial charge in [-0.2, -0.15) is 0 Å². The van der Waals surface area contributed by atoms with Crippen LogP contribution in [0.15, 0.2) is 18.2 Å². The molecule has 1 atom stereocenters. The zero-order chi connectivity index (χ0) is 12.3. The molecule has 0 amide bonds. The van der Waals surface area contributed by atoms with Crippen LogP contribution in [0.3, 0.4) is 0 Å². The quantitative estimate of drug-likeness (QED) is 0.831. The van der Waals surface area contributed by atoms with Crippen LogP contribution < -0.4 is 5.32 Å². The van der Waals surface area contributed by atoms with Crippen LogP contribution in [0.5, 0.6) is 0 Å². The first-order chi connectivity index (χ1) is 7.41. The number of hydrogen-bond donors (Lipinski definition) is 2. The Morgan fingerprint density at radius 3 is 2.44 bits per heavy atom. The summed E-state index contributed by atoms with van der Waals surface area (Å²) in [5.41, 5.74) is -0.0670. The Morgan fingerprint density at radius 2 is 2.00 bits per heavy atom. The first-order valence-corrected chi connectivity index (χ1v) is 4.85. The highest BCUT2D eigenvalue weighted by Crippen LogP contribution is 2.19. The zero-order valence-electron chi connectivity index (χ0n) is 9.00. The van der Waals surface area contributed by atoms with Crippen molar-refractivity contribution in [3.63, 3.8) is 0 Å².